The summed E-state index contributed by atoms with van der Waals surface area (Å²) in [6, 6.07) is 12.3. The first-order valence-electron chi connectivity index (χ1n) is 9.68. The first-order valence-corrected chi connectivity index (χ1v) is 10.1. The molecule has 0 unspecified atom stereocenters. The molecule has 0 spiro atoms. The summed E-state index contributed by atoms with van der Waals surface area (Å²) in [4.78, 5) is 18.8. The van der Waals surface area contributed by atoms with E-state index in [4.69, 9.17) is 30.3 Å². The molecule has 0 aliphatic rings. The maximum Gasteiger partial charge on any atom is 0.263 e. The van der Waals surface area contributed by atoms with Gasteiger partial charge in [0.15, 0.2) is 6.10 Å². The van der Waals surface area contributed by atoms with Crippen LogP contribution in [0.5, 0.6) is 17.2 Å². The zero-order valence-electron chi connectivity index (χ0n) is 17.8. The highest BCUT2D eigenvalue weighted by atomic mass is 35.5. The van der Waals surface area contributed by atoms with Gasteiger partial charge >= 0.3 is 0 Å². The third kappa shape index (κ3) is 5.27. The van der Waals surface area contributed by atoms with Gasteiger partial charge in [0.2, 0.25) is 11.7 Å². The molecule has 3 aromatic rings. The van der Waals surface area contributed by atoms with E-state index < -0.39 is 6.10 Å². The minimum Gasteiger partial charge on any atom is -0.497 e. The highest BCUT2D eigenvalue weighted by Gasteiger charge is 2.25. The zero-order chi connectivity index (χ0) is 22.4. The van der Waals surface area contributed by atoms with Crippen LogP contribution in [0.25, 0.3) is 11.4 Å². The predicted molar refractivity (Wildman–Crippen MR) is 115 cm³/mol. The predicted octanol–water partition coefficient (Wildman–Crippen LogP) is 4.22. The number of carbonyl (C=O) groups is 1. The molecule has 0 N–H and O–H groups in total. The second-order valence-electron chi connectivity index (χ2n) is 6.72. The van der Waals surface area contributed by atoms with Crippen LogP contribution in [0.3, 0.4) is 0 Å². The van der Waals surface area contributed by atoms with Crippen molar-refractivity contribution in [2.45, 2.75) is 26.0 Å². The summed E-state index contributed by atoms with van der Waals surface area (Å²) >= 11 is 6.14. The maximum absolute atomic E-state index is 12.9. The number of aromatic nitrogens is 2. The summed E-state index contributed by atoms with van der Waals surface area (Å²) in [7, 11) is 4.78. The Hall–Kier alpha value is -3.26. The van der Waals surface area contributed by atoms with Gasteiger partial charge in [-0.15, -0.1) is 0 Å². The van der Waals surface area contributed by atoms with Crippen LogP contribution < -0.4 is 14.2 Å². The topological polar surface area (TPSA) is 86.9 Å². The number of carbonyl (C=O) groups excluding carboxylic acids is 1. The number of hydrogen-bond donors (Lipinski definition) is 0. The van der Waals surface area contributed by atoms with Gasteiger partial charge in [0.1, 0.15) is 17.2 Å². The van der Waals surface area contributed by atoms with Crippen LogP contribution in [0.15, 0.2) is 47.0 Å². The Morgan fingerprint density at radius 1 is 1.16 bits per heavy atom. The average molecular weight is 446 g/mol. The van der Waals surface area contributed by atoms with Crippen molar-refractivity contribution < 1.29 is 23.5 Å². The molecule has 0 radical (unpaired) electrons. The van der Waals surface area contributed by atoms with E-state index in [9.17, 15) is 4.79 Å². The number of rotatable bonds is 9. The Kier molecular flexibility index (Phi) is 7.36. The van der Waals surface area contributed by atoms with Crippen molar-refractivity contribution in [3.8, 4) is 28.6 Å². The van der Waals surface area contributed by atoms with Crippen molar-refractivity contribution in [3.63, 3.8) is 0 Å². The van der Waals surface area contributed by atoms with Crippen LogP contribution in [0.1, 0.15) is 19.2 Å². The second-order valence-corrected chi connectivity index (χ2v) is 7.12. The summed E-state index contributed by atoms with van der Waals surface area (Å²) in [5.41, 5.74) is 0.653. The highest BCUT2D eigenvalue weighted by molar-refractivity contribution is 6.32. The summed E-state index contributed by atoms with van der Waals surface area (Å²) in [5.74, 6) is 2.09. The van der Waals surface area contributed by atoms with Gasteiger partial charge in [-0.2, -0.15) is 4.98 Å². The molecule has 3 rings (SSSR count). The van der Waals surface area contributed by atoms with Gasteiger partial charge in [0.05, 0.1) is 31.4 Å². The van der Waals surface area contributed by atoms with E-state index in [1.54, 1.807) is 63.7 Å². The summed E-state index contributed by atoms with van der Waals surface area (Å²) in [6.45, 7) is 2.00. The fraction of sp³-hybridized carbons (Fsp3) is 0.318. The Morgan fingerprint density at radius 3 is 2.61 bits per heavy atom. The van der Waals surface area contributed by atoms with E-state index in [1.165, 1.54) is 4.90 Å². The lowest BCUT2D eigenvalue weighted by Gasteiger charge is -2.23. The largest absolute Gasteiger partial charge is 0.497 e. The molecule has 0 saturated carbocycles. The highest BCUT2D eigenvalue weighted by Crippen LogP contribution is 2.31. The van der Waals surface area contributed by atoms with Crippen molar-refractivity contribution in [1.82, 2.24) is 15.0 Å². The maximum atomic E-state index is 12.9. The van der Waals surface area contributed by atoms with E-state index >= 15 is 0 Å². The minimum atomic E-state index is -0.686. The van der Waals surface area contributed by atoms with Gasteiger partial charge in [-0.05, 0) is 30.7 Å². The Bertz CT molecular complexity index is 1040. The van der Waals surface area contributed by atoms with Gasteiger partial charge in [0.25, 0.3) is 5.91 Å². The van der Waals surface area contributed by atoms with Crippen LogP contribution in [0.2, 0.25) is 5.02 Å². The van der Waals surface area contributed by atoms with Gasteiger partial charge in [-0.1, -0.05) is 35.8 Å². The molecule has 31 heavy (non-hydrogen) atoms. The zero-order valence-corrected chi connectivity index (χ0v) is 18.5. The van der Waals surface area contributed by atoms with Crippen LogP contribution in [-0.2, 0) is 11.3 Å². The van der Waals surface area contributed by atoms with Crippen molar-refractivity contribution >= 4 is 17.5 Å². The molecule has 1 amide bonds. The van der Waals surface area contributed by atoms with Crippen LogP contribution in [-0.4, -0.2) is 48.3 Å². The number of amides is 1. The number of hydrogen-bond acceptors (Lipinski definition) is 7. The molecule has 164 valence electrons. The van der Waals surface area contributed by atoms with E-state index in [0.717, 1.165) is 0 Å². The molecule has 9 heteroatoms. The van der Waals surface area contributed by atoms with Crippen molar-refractivity contribution in [2.75, 3.05) is 21.3 Å². The molecule has 0 bridgehead atoms. The van der Waals surface area contributed by atoms with Crippen molar-refractivity contribution in [1.29, 1.82) is 0 Å². The van der Waals surface area contributed by atoms with E-state index in [2.05, 4.69) is 10.1 Å². The Balaban J connectivity index is 1.71. The number of para-hydroxylation sites is 1. The molecule has 0 aliphatic heterocycles. The van der Waals surface area contributed by atoms with Gasteiger partial charge in [0, 0.05) is 13.1 Å². The van der Waals surface area contributed by atoms with Gasteiger partial charge < -0.3 is 23.6 Å². The van der Waals surface area contributed by atoms with Crippen molar-refractivity contribution in [2.24, 2.45) is 0 Å². The van der Waals surface area contributed by atoms with Gasteiger partial charge in [-0.3, -0.25) is 4.79 Å². The smallest absolute Gasteiger partial charge is 0.263 e. The van der Waals surface area contributed by atoms with Gasteiger partial charge in [-0.25, -0.2) is 0 Å². The Morgan fingerprint density at radius 2 is 1.94 bits per heavy atom. The second kappa shape index (κ2) is 10.2. The average Bonchev–Trinajstić information content (AvgIpc) is 3.25. The first-order chi connectivity index (χ1) is 15.0. The summed E-state index contributed by atoms with van der Waals surface area (Å²) < 4.78 is 21.8. The molecule has 0 aliphatic carbocycles. The lowest BCUT2D eigenvalue weighted by Crippen LogP contribution is -2.39. The monoisotopic (exact) mass is 445 g/mol. The first kappa shape index (κ1) is 22.4. The number of likely N-dealkylation sites (N-methyl/N-ethyl adjacent to an activating group) is 1. The molecule has 8 nitrogen and oxygen atoms in total. The molecule has 2 aromatic carbocycles. The standard InChI is InChI=1S/C22H24ClN3O5/c1-5-17(30-18-9-7-6-8-16(18)23)22(27)26(2)13-20-24-21(25-31-20)15-11-10-14(28-3)12-19(15)29-4/h6-12,17H,5,13H2,1-4H3/t17-/m1/s1. The van der Waals surface area contributed by atoms with Crippen LogP contribution in [0, 0.1) is 0 Å². The molecular formula is C22H24ClN3O5. The minimum absolute atomic E-state index is 0.132. The van der Waals surface area contributed by atoms with E-state index in [1.807, 2.05) is 6.92 Å². The molecule has 1 atom stereocenters. The SMILES string of the molecule is CC[C@@H](Oc1ccccc1Cl)C(=O)N(C)Cc1nc(-c2ccc(OC)cc2OC)no1. The fourth-order valence-corrected chi connectivity index (χ4v) is 3.12. The lowest BCUT2D eigenvalue weighted by atomic mass is 10.2. The summed E-state index contributed by atoms with van der Waals surface area (Å²) in [5, 5.41) is 4.46. The third-order valence-electron chi connectivity index (χ3n) is 4.62. The molecule has 1 heterocycles. The van der Waals surface area contributed by atoms with E-state index in [0.29, 0.717) is 40.1 Å². The number of methoxy groups -OCH3 is 2. The third-order valence-corrected chi connectivity index (χ3v) is 4.93. The molecule has 0 saturated heterocycles. The lowest BCUT2D eigenvalue weighted by molar-refractivity contribution is -0.138. The number of ether oxygens (including phenoxy) is 3. The molecule has 0 fully saturated rings. The summed E-state index contributed by atoms with van der Waals surface area (Å²) in [6.07, 6.45) is -0.207. The fourth-order valence-electron chi connectivity index (χ4n) is 2.94. The van der Waals surface area contributed by atoms with E-state index in [-0.39, 0.29) is 18.3 Å². The van der Waals surface area contributed by atoms with Crippen LogP contribution in [0.4, 0.5) is 0 Å². The normalized spacial score (nSPS) is 11.6. The van der Waals surface area contributed by atoms with Crippen LogP contribution >= 0.6 is 11.6 Å². The molecule has 1 aromatic heterocycles. The number of halogens is 1. The van der Waals surface area contributed by atoms with Crippen molar-refractivity contribution in [3.05, 3.63) is 53.4 Å². The quantitative estimate of drug-likeness (QED) is 0.487. The number of nitrogens with zero attached hydrogens (tertiary/aromatic N) is 3. The Labute approximate surface area is 185 Å². The number of benzene rings is 2. The molecular weight excluding hydrogens is 422 g/mol.